The predicted molar refractivity (Wildman–Crippen MR) is 125 cm³/mol. The Morgan fingerprint density at radius 1 is 1.21 bits per heavy atom. The van der Waals surface area contributed by atoms with Crippen molar-refractivity contribution in [2.24, 2.45) is 5.92 Å². The number of ether oxygens (including phenoxy) is 1. The molecule has 1 aliphatic carbocycles. The molecule has 184 valence electrons. The largest absolute Gasteiger partial charge is 0.481 e. The zero-order valence-electron chi connectivity index (χ0n) is 18.3. The van der Waals surface area contributed by atoms with Crippen LogP contribution in [-0.2, 0) is 20.9 Å². The number of nitrogens with zero attached hydrogens (tertiary/aromatic N) is 4. The molecule has 34 heavy (non-hydrogen) atoms. The third-order valence-corrected chi connectivity index (χ3v) is 7.43. The number of Topliss-reactive ketones (excluding diaryl/α,β-unsaturated/α-hetero) is 1. The number of carbonyl (C=O) groups is 3. The number of aliphatic carboxylic acids is 1. The first-order valence-electron chi connectivity index (χ1n) is 10.9. The summed E-state index contributed by atoms with van der Waals surface area (Å²) in [4.78, 5) is 36.8. The van der Waals surface area contributed by atoms with Gasteiger partial charge in [-0.1, -0.05) is 61.4 Å². The highest BCUT2D eigenvalue weighted by molar-refractivity contribution is 7.99. The molecule has 1 aromatic heterocycles. The van der Waals surface area contributed by atoms with Crippen molar-refractivity contribution in [2.45, 2.75) is 67.6 Å². The molecule has 0 radical (unpaired) electrons. The first-order valence-corrected chi connectivity index (χ1v) is 12.5. The Morgan fingerprint density at radius 3 is 2.59 bits per heavy atom. The van der Waals surface area contributed by atoms with E-state index in [1.807, 2.05) is 0 Å². The summed E-state index contributed by atoms with van der Waals surface area (Å²) in [5.74, 6) is -1.30. The smallest absolute Gasteiger partial charge is 0.407 e. The van der Waals surface area contributed by atoms with Gasteiger partial charge < -0.3 is 15.2 Å². The van der Waals surface area contributed by atoms with Gasteiger partial charge in [0.15, 0.2) is 5.78 Å². The van der Waals surface area contributed by atoms with Crippen LogP contribution >= 0.6 is 35.0 Å². The predicted octanol–water partition coefficient (Wildman–Crippen LogP) is 4.24. The fourth-order valence-corrected chi connectivity index (χ4v) is 5.12. The highest BCUT2D eigenvalue weighted by Crippen LogP contribution is 2.37. The highest BCUT2D eigenvalue weighted by atomic mass is 35.5. The number of halogens is 2. The third kappa shape index (κ3) is 7.85. The monoisotopic (exact) mass is 529 g/mol. The van der Waals surface area contributed by atoms with Gasteiger partial charge in [-0.2, -0.15) is 0 Å². The highest BCUT2D eigenvalue weighted by Gasteiger charge is 2.26. The number of hydrogen-bond acceptors (Lipinski definition) is 8. The molecule has 1 heterocycles. The van der Waals surface area contributed by atoms with E-state index in [2.05, 4.69) is 20.8 Å². The summed E-state index contributed by atoms with van der Waals surface area (Å²) in [6.45, 7) is -0.144. The molecule has 1 fully saturated rings. The van der Waals surface area contributed by atoms with Crippen LogP contribution in [0.25, 0.3) is 0 Å². The number of rotatable bonds is 11. The summed E-state index contributed by atoms with van der Waals surface area (Å²) >= 11 is 13.4. The number of benzene rings is 1. The SMILES string of the molecule is O=C(O)CC(NC(=O)OCCC1CCCCC1)C(=O)Cn1nnnc1Sc1c(Cl)cccc1Cl. The molecule has 1 amide bonds. The molecule has 0 bridgehead atoms. The van der Waals surface area contributed by atoms with Crippen molar-refractivity contribution < 1.29 is 24.2 Å². The molecule has 0 saturated heterocycles. The second-order valence-electron chi connectivity index (χ2n) is 7.96. The normalized spacial score (nSPS) is 15.0. The second kappa shape index (κ2) is 12.9. The van der Waals surface area contributed by atoms with E-state index in [0.29, 0.717) is 20.9 Å². The molecule has 1 atom stereocenters. The van der Waals surface area contributed by atoms with Crippen molar-refractivity contribution in [3.8, 4) is 0 Å². The molecular weight excluding hydrogens is 505 g/mol. The Labute approximate surface area is 210 Å². The van der Waals surface area contributed by atoms with Gasteiger partial charge in [0.2, 0.25) is 5.16 Å². The first kappa shape index (κ1) is 26.2. The molecule has 10 nitrogen and oxygen atoms in total. The standard InChI is InChI=1S/C21H25Cl2N5O5S/c22-14-7-4-8-15(23)19(14)34-20-25-26-27-28(20)12-17(29)16(11-18(30)31)24-21(32)33-10-9-13-5-2-1-3-6-13/h4,7-8,13,16H,1-3,5-6,9-12H2,(H,24,32)(H,30,31). The van der Waals surface area contributed by atoms with Crippen molar-refractivity contribution in [3.63, 3.8) is 0 Å². The maximum Gasteiger partial charge on any atom is 0.407 e. The second-order valence-corrected chi connectivity index (χ2v) is 9.75. The molecule has 1 unspecified atom stereocenters. The Hall–Kier alpha value is -2.37. The van der Waals surface area contributed by atoms with Gasteiger partial charge in [0, 0.05) is 0 Å². The van der Waals surface area contributed by atoms with Crippen LogP contribution in [0.5, 0.6) is 0 Å². The number of carboxylic acid groups (broad SMARTS) is 1. The zero-order valence-corrected chi connectivity index (χ0v) is 20.6. The molecule has 2 N–H and O–H groups in total. The lowest BCUT2D eigenvalue weighted by Gasteiger charge is -2.21. The Balaban J connectivity index is 1.58. The molecule has 1 saturated carbocycles. The number of tetrazole rings is 1. The number of carbonyl (C=O) groups excluding carboxylic acids is 2. The van der Waals surface area contributed by atoms with Crippen LogP contribution in [0, 0.1) is 5.92 Å². The van der Waals surface area contributed by atoms with Gasteiger partial charge in [-0.25, -0.2) is 9.48 Å². The molecule has 13 heteroatoms. The number of aromatic nitrogens is 4. The topological polar surface area (TPSA) is 136 Å². The lowest BCUT2D eigenvalue weighted by molar-refractivity contribution is -0.139. The average Bonchev–Trinajstić information content (AvgIpc) is 3.23. The van der Waals surface area contributed by atoms with E-state index in [1.54, 1.807) is 18.2 Å². The van der Waals surface area contributed by atoms with Crippen LogP contribution in [-0.4, -0.2) is 55.8 Å². The van der Waals surface area contributed by atoms with Crippen molar-refractivity contribution in [2.75, 3.05) is 6.61 Å². The van der Waals surface area contributed by atoms with E-state index in [9.17, 15) is 19.5 Å². The van der Waals surface area contributed by atoms with Gasteiger partial charge in [0.1, 0.15) is 12.6 Å². The summed E-state index contributed by atoms with van der Waals surface area (Å²) < 4.78 is 6.39. The van der Waals surface area contributed by atoms with Crippen LogP contribution < -0.4 is 5.32 Å². The average molecular weight is 530 g/mol. The van der Waals surface area contributed by atoms with Gasteiger partial charge in [-0.05, 0) is 46.7 Å². The lowest BCUT2D eigenvalue weighted by atomic mass is 9.87. The van der Waals surface area contributed by atoms with Gasteiger partial charge in [0.05, 0.1) is 28.0 Å². The van der Waals surface area contributed by atoms with E-state index in [0.717, 1.165) is 31.0 Å². The molecule has 3 rings (SSSR count). The van der Waals surface area contributed by atoms with Crippen molar-refractivity contribution in [3.05, 3.63) is 28.2 Å². The molecule has 1 aliphatic rings. The van der Waals surface area contributed by atoms with Crippen molar-refractivity contribution in [1.82, 2.24) is 25.5 Å². The minimum absolute atomic E-state index is 0.219. The fraction of sp³-hybridized carbons (Fsp3) is 0.524. The number of amides is 1. The summed E-state index contributed by atoms with van der Waals surface area (Å²) in [6, 6.07) is 3.70. The van der Waals surface area contributed by atoms with Crippen LogP contribution in [0.1, 0.15) is 44.9 Å². The molecular formula is C21H25Cl2N5O5S. The number of nitrogens with one attached hydrogen (secondary N) is 1. The minimum Gasteiger partial charge on any atom is -0.481 e. The molecule has 0 aliphatic heterocycles. The molecule has 1 aromatic carbocycles. The van der Waals surface area contributed by atoms with E-state index in [-0.39, 0.29) is 18.3 Å². The quantitative estimate of drug-likeness (QED) is 0.437. The lowest BCUT2D eigenvalue weighted by Crippen LogP contribution is -2.44. The van der Waals surface area contributed by atoms with E-state index < -0.39 is 30.3 Å². The van der Waals surface area contributed by atoms with Crippen molar-refractivity contribution in [1.29, 1.82) is 0 Å². The summed E-state index contributed by atoms with van der Waals surface area (Å²) in [6.07, 6.45) is 5.18. The molecule has 2 aromatic rings. The first-order chi connectivity index (χ1) is 16.3. The van der Waals surface area contributed by atoms with Crippen LogP contribution in [0.2, 0.25) is 10.0 Å². The van der Waals surface area contributed by atoms with Gasteiger partial charge in [-0.15, -0.1) is 5.10 Å². The zero-order chi connectivity index (χ0) is 24.5. The number of hydrogen-bond donors (Lipinski definition) is 2. The fourth-order valence-electron chi connectivity index (χ4n) is 3.70. The van der Waals surface area contributed by atoms with Crippen LogP contribution in [0.15, 0.2) is 28.3 Å². The van der Waals surface area contributed by atoms with E-state index in [1.165, 1.54) is 23.9 Å². The third-order valence-electron chi connectivity index (χ3n) is 5.46. The minimum atomic E-state index is -1.30. The van der Waals surface area contributed by atoms with Gasteiger partial charge >= 0.3 is 12.1 Å². The Bertz CT molecular complexity index is 995. The maximum absolute atomic E-state index is 12.8. The van der Waals surface area contributed by atoms with Crippen LogP contribution in [0.4, 0.5) is 4.79 Å². The summed E-state index contributed by atoms with van der Waals surface area (Å²) in [5, 5.41) is 23.8. The van der Waals surface area contributed by atoms with Gasteiger partial charge in [0.25, 0.3) is 0 Å². The molecule has 0 spiro atoms. The summed E-state index contributed by atoms with van der Waals surface area (Å²) in [7, 11) is 0. The van der Waals surface area contributed by atoms with Crippen molar-refractivity contribution >= 4 is 52.8 Å². The Morgan fingerprint density at radius 2 is 1.91 bits per heavy atom. The summed E-state index contributed by atoms with van der Waals surface area (Å²) in [5.41, 5.74) is 0. The van der Waals surface area contributed by atoms with E-state index >= 15 is 0 Å². The van der Waals surface area contributed by atoms with Crippen LogP contribution in [0.3, 0.4) is 0 Å². The number of ketones is 1. The number of alkyl carbamates (subject to hydrolysis) is 1. The number of carboxylic acids is 1. The Kier molecular flexibility index (Phi) is 9.97. The maximum atomic E-state index is 12.8. The van der Waals surface area contributed by atoms with E-state index in [4.69, 9.17) is 27.9 Å². The van der Waals surface area contributed by atoms with Gasteiger partial charge in [-0.3, -0.25) is 9.59 Å².